The smallest absolute Gasteiger partial charge is 0.114 e. The molecule has 1 aliphatic heterocycles. The van der Waals surface area contributed by atoms with E-state index in [4.69, 9.17) is 4.74 Å². The normalized spacial score (nSPS) is 23.5. The lowest BCUT2D eigenvalue weighted by molar-refractivity contribution is -0.0750. The van der Waals surface area contributed by atoms with Gasteiger partial charge in [-0.1, -0.05) is 0 Å². The van der Waals surface area contributed by atoms with Gasteiger partial charge >= 0.3 is 0 Å². The number of hydrogen-bond acceptors (Lipinski definition) is 6. The molecule has 0 bridgehead atoms. The Morgan fingerprint density at radius 2 is 2.09 bits per heavy atom. The number of hydrogen-bond donors (Lipinski definition) is 1. The number of nitrogens with zero attached hydrogens (tertiary/aromatic N) is 3. The molecule has 1 aliphatic rings. The van der Waals surface area contributed by atoms with Crippen molar-refractivity contribution in [2.75, 3.05) is 25.4 Å². The van der Waals surface area contributed by atoms with Crippen LogP contribution in [-0.2, 0) is 4.74 Å². The van der Waals surface area contributed by atoms with Gasteiger partial charge in [-0.15, -0.1) is 11.8 Å². The van der Waals surface area contributed by atoms with Crippen molar-refractivity contribution in [3.63, 3.8) is 0 Å². The highest BCUT2D eigenvalue weighted by molar-refractivity contribution is 7.99. The van der Waals surface area contributed by atoms with Crippen molar-refractivity contribution in [3.05, 3.63) is 22.9 Å². The van der Waals surface area contributed by atoms with Crippen LogP contribution < -0.4 is 0 Å². The molecule has 0 aliphatic carbocycles. The number of aliphatic hydroxyl groups is 1. The van der Waals surface area contributed by atoms with Crippen LogP contribution in [0.25, 0.3) is 0 Å². The number of thioether (sulfide) groups is 1. The average Bonchev–Trinajstić information content (AvgIpc) is 2.43. The molecule has 1 aromatic rings. The largest absolute Gasteiger partial charge is 0.391 e. The lowest BCUT2D eigenvalue weighted by Gasteiger charge is -2.36. The Bertz CT molecular complexity index is 578. The fourth-order valence-corrected chi connectivity index (χ4v) is 4.02. The standard InChI is InChI=1S/C17H25N3O2S/c1-11-5-12(2)19-17(16(11)6-18)23-10-15(21)9-20-7-13(3)22-14(4)8-20/h5,13-15,21H,7-10H2,1-4H3. The van der Waals surface area contributed by atoms with Gasteiger partial charge in [-0.3, -0.25) is 4.90 Å². The lowest BCUT2D eigenvalue weighted by atomic mass is 10.1. The molecule has 6 heteroatoms. The molecule has 3 atom stereocenters. The predicted octanol–water partition coefficient (Wildman–Crippen LogP) is 2.13. The van der Waals surface area contributed by atoms with Crippen LogP contribution in [-0.4, -0.2) is 58.7 Å². The number of aromatic nitrogens is 1. The van der Waals surface area contributed by atoms with E-state index < -0.39 is 6.10 Å². The van der Waals surface area contributed by atoms with Gasteiger partial charge in [-0.25, -0.2) is 4.98 Å². The number of morpholine rings is 1. The molecule has 23 heavy (non-hydrogen) atoms. The minimum Gasteiger partial charge on any atom is -0.391 e. The number of rotatable bonds is 5. The summed E-state index contributed by atoms with van der Waals surface area (Å²) in [7, 11) is 0. The summed E-state index contributed by atoms with van der Waals surface area (Å²) in [6.07, 6.45) is -0.0542. The minimum absolute atomic E-state index is 0.199. The van der Waals surface area contributed by atoms with Crippen LogP contribution in [0.1, 0.15) is 30.7 Å². The first-order valence-corrected chi connectivity index (χ1v) is 8.94. The first kappa shape index (κ1) is 18.2. The Labute approximate surface area is 142 Å². The molecule has 3 unspecified atom stereocenters. The van der Waals surface area contributed by atoms with Crippen molar-refractivity contribution in [1.29, 1.82) is 5.26 Å². The molecule has 1 fully saturated rings. The molecule has 2 heterocycles. The summed E-state index contributed by atoms with van der Waals surface area (Å²) in [5, 5.41) is 20.3. The van der Waals surface area contributed by atoms with Gasteiger partial charge in [0.05, 0.1) is 23.9 Å². The second kappa shape index (κ2) is 8.11. The van der Waals surface area contributed by atoms with Gasteiger partial charge in [-0.2, -0.15) is 5.26 Å². The van der Waals surface area contributed by atoms with Crippen LogP contribution >= 0.6 is 11.8 Å². The number of ether oxygens (including phenoxy) is 1. The quantitative estimate of drug-likeness (QED) is 0.832. The molecular formula is C17H25N3O2S. The molecule has 5 nitrogen and oxygen atoms in total. The van der Waals surface area contributed by atoms with Crippen LogP contribution in [0.3, 0.4) is 0 Å². The van der Waals surface area contributed by atoms with E-state index in [1.807, 2.05) is 19.9 Å². The van der Waals surface area contributed by atoms with Gasteiger partial charge in [0, 0.05) is 31.1 Å². The van der Waals surface area contributed by atoms with Gasteiger partial charge < -0.3 is 9.84 Å². The molecule has 2 rings (SSSR count). The molecule has 1 saturated heterocycles. The number of β-amino-alcohol motifs (C(OH)–C–C–N with tert-alkyl or cyclic N) is 1. The zero-order valence-corrected chi connectivity index (χ0v) is 15.1. The van der Waals surface area contributed by atoms with E-state index >= 15 is 0 Å². The fraction of sp³-hybridized carbons (Fsp3) is 0.647. The van der Waals surface area contributed by atoms with Crippen LogP contribution in [0.5, 0.6) is 0 Å². The van der Waals surface area contributed by atoms with Crippen molar-refractivity contribution in [2.45, 2.75) is 51.0 Å². The van der Waals surface area contributed by atoms with Crippen LogP contribution in [0.2, 0.25) is 0 Å². The van der Waals surface area contributed by atoms with E-state index in [1.165, 1.54) is 11.8 Å². The summed E-state index contributed by atoms with van der Waals surface area (Å²) >= 11 is 1.46. The third-order valence-corrected chi connectivity index (χ3v) is 4.92. The van der Waals surface area contributed by atoms with Crippen LogP contribution in [0.15, 0.2) is 11.1 Å². The summed E-state index contributed by atoms with van der Waals surface area (Å²) in [4.78, 5) is 6.68. The highest BCUT2D eigenvalue weighted by atomic mass is 32.2. The number of pyridine rings is 1. The Morgan fingerprint density at radius 3 is 2.70 bits per heavy atom. The Kier molecular flexibility index (Phi) is 6.42. The maximum Gasteiger partial charge on any atom is 0.114 e. The van der Waals surface area contributed by atoms with E-state index in [0.29, 0.717) is 22.9 Å². The molecule has 0 aromatic carbocycles. The van der Waals surface area contributed by atoms with E-state index in [-0.39, 0.29) is 12.2 Å². The maximum absolute atomic E-state index is 10.3. The molecule has 0 spiro atoms. The van der Waals surface area contributed by atoms with E-state index in [9.17, 15) is 10.4 Å². The highest BCUT2D eigenvalue weighted by Crippen LogP contribution is 2.24. The van der Waals surface area contributed by atoms with E-state index in [1.54, 1.807) is 0 Å². The summed E-state index contributed by atoms with van der Waals surface area (Å²) < 4.78 is 5.71. The maximum atomic E-state index is 10.3. The molecule has 0 saturated carbocycles. The van der Waals surface area contributed by atoms with Crippen molar-refractivity contribution in [2.24, 2.45) is 0 Å². The number of aliphatic hydroxyl groups excluding tert-OH is 1. The molecule has 0 radical (unpaired) electrons. The van der Waals surface area contributed by atoms with E-state index in [0.717, 1.165) is 24.3 Å². The highest BCUT2D eigenvalue weighted by Gasteiger charge is 2.24. The molecule has 1 aromatic heterocycles. The lowest BCUT2D eigenvalue weighted by Crippen LogP contribution is -2.48. The van der Waals surface area contributed by atoms with Gasteiger partial charge in [0.15, 0.2) is 0 Å². The monoisotopic (exact) mass is 335 g/mol. The Morgan fingerprint density at radius 1 is 1.43 bits per heavy atom. The first-order chi connectivity index (χ1) is 10.9. The fourth-order valence-electron chi connectivity index (χ4n) is 3.00. The molecule has 126 valence electrons. The third-order valence-electron chi connectivity index (χ3n) is 3.80. The van der Waals surface area contributed by atoms with E-state index in [2.05, 4.69) is 29.8 Å². The molecule has 0 amide bonds. The first-order valence-electron chi connectivity index (χ1n) is 7.96. The number of aryl methyl sites for hydroxylation is 2. The van der Waals surface area contributed by atoms with Crippen molar-refractivity contribution in [1.82, 2.24) is 9.88 Å². The summed E-state index contributed by atoms with van der Waals surface area (Å²) in [6, 6.07) is 4.13. The average molecular weight is 335 g/mol. The van der Waals surface area contributed by atoms with Crippen LogP contribution in [0.4, 0.5) is 0 Å². The van der Waals surface area contributed by atoms with Gasteiger partial charge in [-0.05, 0) is 39.3 Å². The van der Waals surface area contributed by atoms with Crippen molar-refractivity contribution >= 4 is 11.8 Å². The van der Waals surface area contributed by atoms with Gasteiger partial charge in [0.1, 0.15) is 11.1 Å². The zero-order valence-electron chi connectivity index (χ0n) is 14.2. The topological polar surface area (TPSA) is 69.4 Å². The summed E-state index contributed by atoms with van der Waals surface area (Å²) in [6.45, 7) is 10.3. The molecular weight excluding hydrogens is 310 g/mol. The van der Waals surface area contributed by atoms with Crippen molar-refractivity contribution in [3.8, 4) is 6.07 Å². The zero-order chi connectivity index (χ0) is 17.0. The van der Waals surface area contributed by atoms with Crippen molar-refractivity contribution < 1.29 is 9.84 Å². The molecule has 1 N–H and O–H groups in total. The van der Waals surface area contributed by atoms with Gasteiger partial charge in [0.25, 0.3) is 0 Å². The van der Waals surface area contributed by atoms with Crippen LogP contribution in [0, 0.1) is 25.2 Å². The third kappa shape index (κ3) is 5.18. The predicted molar refractivity (Wildman–Crippen MR) is 91.6 cm³/mol. The summed E-state index contributed by atoms with van der Waals surface area (Å²) in [5.41, 5.74) is 2.45. The Balaban J connectivity index is 1.92. The van der Waals surface area contributed by atoms with Gasteiger partial charge in [0.2, 0.25) is 0 Å². The Hall–Kier alpha value is -1.13. The second-order valence-electron chi connectivity index (χ2n) is 6.31. The minimum atomic E-state index is -0.452. The second-order valence-corrected chi connectivity index (χ2v) is 7.32. The SMILES string of the molecule is Cc1cc(C)c(C#N)c(SCC(O)CN2CC(C)OC(C)C2)n1. The summed E-state index contributed by atoms with van der Waals surface area (Å²) in [5.74, 6) is 0.532. The number of nitriles is 1.